The Labute approximate surface area is 145 Å². The maximum Gasteiger partial charge on any atom is 0.119 e. The summed E-state index contributed by atoms with van der Waals surface area (Å²) in [5.41, 5.74) is 2.74. The highest BCUT2D eigenvalue weighted by molar-refractivity contribution is 5.49. The smallest absolute Gasteiger partial charge is 0.119 e. The average Bonchev–Trinajstić information content (AvgIpc) is 2.90. The summed E-state index contributed by atoms with van der Waals surface area (Å²) in [6.07, 6.45) is 2.36. The van der Waals surface area contributed by atoms with E-state index >= 15 is 0 Å². The van der Waals surface area contributed by atoms with E-state index in [0.717, 1.165) is 31.8 Å². The highest BCUT2D eigenvalue weighted by Crippen LogP contribution is 2.27. The number of ether oxygens (including phenoxy) is 1. The van der Waals surface area contributed by atoms with E-state index in [2.05, 4.69) is 71.3 Å². The molecule has 0 bridgehead atoms. The molecule has 1 aliphatic rings. The van der Waals surface area contributed by atoms with Crippen LogP contribution >= 0.6 is 0 Å². The molecule has 24 heavy (non-hydrogen) atoms. The summed E-state index contributed by atoms with van der Waals surface area (Å²) in [5, 5.41) is 0. The van der Waals surface area contributed by atoms with Gasteiger partial charge >= 0.3 is 0 Å². The zero-order chi connectivity index (χ0) is 16.8. The molecule has 0 amide bonds. The van der Waals surface area contributed by atoms with Crippen molar-refractivity contribution < 1.29 is 4.74 Å². The summed E-state index contributed by atoms with van der Waals surface area (Å²) in [4.78, 5) is 5.15. The molecule has 3 rings (SSSR count). The molecule has 0 radical (unpaired) electrons. The fourth-order valence-electron chi connectivity index (χ4n) is 3.68. The topological polar surface area (TPSA) is 15.7 Å². The van der Waals surface area contributed by atoms with E-state index < -0.39 is 0 Å². The molecule has 1 aliphatic heterocycles. The van der Waals surface area contributed by atoms with Crippen molar-refractivity contribution in [2.45, 2.75) is 25.8 Å². The van der Waals surface area contributed by atoms with Gasteiger partial charge < -0.3 is 9.64 Å². The number of benzene rings is 2. The van der Waals surface area contributed by atoms with E-state index in [4.69, 9.17) is 4.74 Å². The molecule has 3 nitrogen and oxygen atoms in total. The SMILES string of the molecule is CC[C@H](c1ccccc1)N1CCCN(c2ccc(OC)cc2)CC1. The number of hydrogen-bond donors (Lipinski definition) is 0. The van der Waals surface area contributed by atoms with Gasteiger partial charge in [-0.2, -0.15) is 0 Å². The Morgan fingerprint density at radius 3 is 2.33 bits per heavy atom. The second kappa shape index (κ2) is 8.20. The molecule has 0 aliphatic carbocycles. The lowest BCUT2D eigenvalue weighted by molar-refractivity contribution is 0.206. The predicted octanol–water partition coefficient (Wildman–Crippen LogP) is 4.36. The lowest BCUT2D eigenvalue weighted by atomic mass is 10.0. The quantitative estimate of drug-likeness (QED) is 0.813. The second-order valence-electron chi connectivity index (χ2n) is 6.41. The third-order valence-electron chi connectivity index (χ3n) is 4.98. The summed E-state index contributed by atoms with van der Waals surface area (Å²) < 4.78 is 5.27. The van der Waals surface area contributed by atoms with Gasteiger partial charge in [-0.15, -0.1) is 0 Å². The van der Waals surface area contributed by atoms with Crippen LogP contribution in [0.15, 0.2) is 54.6 Å². The third-order valence-corrected chi connectivity index (χ3v) is 4.98. The molecule has 0 unspecified atom stereocenters. The molecule has 1 saturated heterocycles. The summed E-state index contributed by atoms with van der Waals surface area (Å²) in [7, 11) is 1.72. The zero-order valence-electron chi connectivity index (χ0n) is 14.8. The van der Waals surface area contributed by atoms with Crippen molar-refractivity contribution in [2.75, 3.05) is 38.2 Å². The van der Waals surface area contributed by atoms with Crippen LogP contribution in [0, 0.1) is 0 Å². The van der Waals surface area contributed by atoms with Gasteiger partial charge in [-0.1, -0.05) is 37.3 Å². The van der Waals surface area contributed by atoms with Crippen LogP contribution in [0.3, 0.4) is 0 Å². The molecule has 1 atom stereocenters. The highest BCUT2D eigenvalue weighted by Gasteiger charge is 2.22. The van der Waals surface area contributed by atoms with Crippen LogP contribution in [0.25, 0.3) is 0 Å². The Bertz CT molecular complexity index is 611. The summed E-state index contributed by atoms with van der Waals surface area (Å²) >= 11 is 0. The van der Waals surface area contributed by atoms with E-state index in [0.29, 0.717) is 6.04 Å². The minimum atomic E-state index is 0.530. The first-order valence-electron chi connectivity index (χ1n) is 9.00. The van der Waals surface area contributed by atoms with Gasteiger partial charge in [-0.3, -0.25) is 4.90 Å². The molecular weight excluding hydrogens is 296 g/mol. The van der Waals surface area contributed by atoms with Gasteiger partial charge in [0.1, 0.15) is 5.75 Å². The van der Waals surface area contributed by atoms with E-state index in [1.807, 2.05) is 0 Å². The van der Waals surface area contributed by atoms with Crippen LogP contribution in [0.2, 0.25) is 0 Å². The normalized spacial score (nSPS) is 17.3. The number of methoxy groups -OCH3 is 1. The minimum absolute atomic E-state index is 0.530. The highest BCUT2D eigenvalue weighted by atomic mass is 16.5. The van der Waals surface area contributed by atoms with Crippen LogP contribution in [0.1, 0.15) is 31.4 Å². The minimum Gasteiger partial charge on any atom is -0.497 e. The van der Waals surface area contributed by atoms with Gasteiger partial charge in [0.25, 0.3) is 0 Å². The molecule has 2 aromatic rings. The average molecular weight is 324 g/mol. The first kappa shape index (κ1) is 16.8. The van der Waals surface area contributed by atoms with Crippen molar-refractivity contribution in [1.29, 1.82) is 0 Å². The maximum absolute atomic E-state index is 5.27. The van der Waals surface area contributed by atoms with Crippen LogP contribution in [-0.2, 0) is 0 Å². The number of anilines is 1. The number of hydrogen-bond acceptors (Lipinski definition) is 3. The van der Waals surface area contributed by atoms with Gasteiger partial charge in [0, 0.05) is 37.9 Å². The van der Waals surface area contributed by atoms with Crippen molar-refractivity contribution in [3.63, 3.8) is 0 Å². The fraction of sp³-hybridized carbons (Fsp3) is 0.429. The third kappa shape index (κ3) is 3.90. The zero-order valence-corrected chi connectivity index (χ0v) is 14.8. The van der Waals surface area contributed by atoms with Gasteiger partial charge in [-0.05, 0) is 42.7 Å². The van der Waals surface area contributed by atoms with Crippen molar-refractivity contribution in [2.24, 2.45) is 0 Å². The summed E-state index contributed by atoms with van der Waals surface area (Å²) in [6, 6.07) is 19.9. The standard InChI is InChI=1S/C21H28N2O/c1-3-21(18-8-5-4-6-9-18)23-15-7-14-22(16-17-23)19-10-12-20(24-2)13-11-19/h4-6,8-13,21H,3,7,14-17H2,1-2H3/t21-/m1/s1. The Morgan fingerprint density at radius 2 is 1.67 bits per heavy atom. The Balaban J connectivity index is 1.67. The van der Waals surface area contributed by atoms with E-state index in [-0.39, 0.29) is 0 Å². The van der Waals surface area contributed by atoms with Crippen molar-refractivity contribution in [3.05, 3.63) is 60.2 Å². The van der Waals surface area contributed by atoms with Crippen LogP contribution in [0.5, 0.6) is 5.75 Å². The lowest BCUT2D eigenvalue weighted by Crippen LogP contribution is -2.33. The van der Waals surface area contributed by atoms with E-state index in [9.17, 15) is 0 Å². The predicted molar refractivity (Wildman–Crippen MR) is 101 cm³/mol. The Hall–Kier alpha value is -2.00. The summed E-state index contributed by atoms with van der Waals surface area (Å²) in [6.45, 7) is 6.77. The van der Waals surface area contributed by atoms with E-state index in [1.54, 1.807) is 7.11 Å². The molecule has 3 heteroatoms. The van der Waals surface area contributed by atoms with Crippen LogP contribution in [0.4, 0.5) is 5.69 Å². The van der Waals surface area contributed by atoms with Gasteiger partial charge in [0.2, 0.25) is 0 Å². The van der Waals surface area contributed by atoms with Gasteiger partial charge in [0.15, 0.2) is 0 Å². The van der Waals surface area contributed by atoms with Crippen molar-refractivity contribution >= 4 is 5.69 Å². The lowest BCUT2D eigenvalue weighted by Gasteiger charge is -2.30. The fourth-order valence-corrected chi connectivity index (χ4v) is 3.68. The van der Waals surface area contributed by atoms with Crippen molar-refractivity contribution in [1.82, 2.24) is 4.90 Å². The van der Waals surface area contributed by atoms with Crippen LogP contribution in [-0.4, -0.2) is 38.2 Å². The largest absolute Gasteiger partial charge is 0.497 e. The maximum atomic E-state index is 5.27. The molecule has 1 fully saturated rings. The molecule has 2 aromatic carbocycles. The number of rotatable bonds is 5. The Morgan fingerprint density at radius 1 is 0.917 bits per heavy atom. The molecule has 0 spiro atoms. The Kier molecular flexibility index (Phi) is 5.76. The summed E-state index contributed by atoms with van der Waals surface area (Å²) in [5.74, 6) is 0.922. The first-order valence-corrected chi connectivity index (χ1v) is 9.00. The molecule has 0 saturated carbocycles. The first-order chi connectivity index (χ1) is 11.8. The molecular formula is C21H28N2O. The molecule has 1 heterocycles. The monoisotopic (exact) mass is 324 g/mol. The molecule has 0 N–H and O–H groups in total. The van der Waals surface area contributed by atoms with Gasteiger partial charge in [-0.25, -0.2) is 0 Å². The molecule has 128 valence electrons. The van der Waals surface area contributed by atoms with Crippen molar-refractivity contribution in [3.8, 4) is 5.75 Å². The van der Waals surface area contributed by atoms with E-state index in [1.165, 1.54) is 24.2 Å². The van der Waals surface area contributed by atoms with Gasteiger partial charge in [0.05, 0.1) is 7.11 Å². The van der Waals surface area contributed by atoms with Crippen LogP contribution < -0.4 is 9.64 Å². The number of nitrogens with zero attached hydrogens (tertiary/aromatic N) is 2. The second-order valence-corrected chi connectivity index (χ2v) is 6.41. The molecule has 0 aromatic heterocycles.